The van der Waals surface area contributed by atoms with E-state index in [1.54, 1.807) is 23.1 Å². The number of likely N-dealkylation sites (tertiary alicyclic amines) is 2. The predicted octanol–water partition coefficient (Wildman–Crippen LogP) is 3.91. The number of carbonyl (C=O) groups is 2. The van der Waals surface area contributed by atoms with Crippen molar-refractivity contribution in [3.8, 4) is 0 Å². The van der Waals surface area contributed by atoms with Gasteiger partial charge in [0, 0.05) is 48.1 Å². The Kier molecular flexibility index (Phi) is 6.32. The number of carbonyl (C=O) groups excluding carboxylic acids is 2. The highest BCUT2D eigenvalue weighted by Gasteiger charge is 2.31. The summed E-state index contributed by atoms with van der Waals surface area (Å²) in [7, 11) is 0. The van der Waals surface area contributed by atoms with Gasteiger partial charge >= 0.3 is 0 Å². The monoisotopic (exact) mass is 415 g/mol. The van der Waals surface area contributed by atoms with Gasteiger partial charge in [0.1, 0.15) is 0 Å². The van der Waals surface area contributed by atoms with Gasteiger partial charge in [-0.3, -0.25) is 9.59 Å². The minimum atomic E-state index is 0.0773. The topological polar surface area (TPSA) is 53.5 Å². The lowest BCUT2D eigenvalue weighted by atomic mass is 9.95. The number of hydrogen-bond donors (Lipinski definition) is 0. The van der Waals surface area contributed by atoms with Crippen molar-refractivity contribution in [2.75, 3.05) is 26.2 Å². The van der Waals surface area contributed by atoms with Crippen molar-refractivity contribution in [2.24, 2.45) is 5.92 Å². The zero-order valence-corrected chi connectivity index (χ0v) is 17.5. The lowest BCUT2D eigenvalue weighted by Gasteiger charge is -2.33. The normalized spacial score (nSPS) is 17.9. The largest absolute Gasteiger partial charge is 0.342 e. The number of thioether (sulfide) groups is 1. The first-order valence-electron chi connectivity index (χ1n) is 9.89. The van der Waals surface area contributed by atoms with Crippen LogP contribution in [0.15, 0.2) is 40.1 Å². The predicted molar refractivity (Wildman–Crippen MR) is 113 cm³/mol. The second kappa shape index (κ2) is 9.09. The van der Waals surface area contributed by atoms with E-state index in [2.05, 4.69) is 4.98 Å². The number of rotatable bonds is 5. The number of hydrogen-bond acceptors (Lipinski definition) is 5. The molecule has 148 valence electrons. The van der Waals surface area contributed by atoms with Gasteiger partial charge < -0.3 is 9.80 Å². The standard InChI is InChI=1S/C21H25N3O2S2/c25-20(23-9-3-4-10-23)16-7-11-24(12-8-16)21(26)18-5-1-2-6-19(18)28-14-17-13-27-15-22-17/h1-2,5-6,13,15-16H,3-4,7-12,14H2. The molecule has 2 aromatic rings. The van der Waals surface area contributed by atoms with Crippen LogP contribution in [-0.2, 0) is 10.5 Å². The molecule has 7 heteroatoms. The number of piperidine rings is 1. The molecule has 0 atom stereocenters. The van der Waals surface area contributed by atoms with Gasteiger partial charge in [0.2, 0.25) is 5.91 Å². The van der Waals surface area contributed by atoms with Crippen LogP contribution < -0.4 is 0 Å². The lowest BCUT2D eigenvalue weighted by Crippen LogP contribution is -2.43. The number of aromatic nitrogens is 1. The zero-order chi connectivity index (χ0) is 19.3. The van der Waals surface area contributed by atoms with Gasteiger partial charge in [-0.05, 0) is 37.8 Å². The third-order valence-electron chi connectivity index (χ3n) is 5.53. The molecule has 5 nitrogen and oxygen atoms in total. The maximum Gasteiger partial charge on any atom is 0.254 e. The Bertz CT molecular complexity index is 811. The maximum atomic E-state index is 13.1. The molecule has 0 N–H and O–H groups in total. The number of nitrogens with zero attached hydrogens (tertiary/aromatic N) is 3. The smallest absolute Gasteiger partial charge is 0.254 e. The van der Waals surface area contributed by atoms with Crippen LogP contribution in [0, 0.1) is 5.92 Å². The summed E-state index contributed by atoms with van der Waals surface area (Å²) in [6.07, 6.45) is 3.79. The Morgan fingerprint density at radius 3 is 2.54 bits per heavy atom. The molecule has 4 rings (SSSR count). The molecule has 2 amide bonds. The first-order valence-corrected chi connectivity index (χ1v) is 11.8. The van der Waals surface area contributed by atoms with Crippen LogP contribution >= 0.6 is 23.1 Å². The molecular weight excluding hydrogens is 390 g/mol. The van der Waals surface area contributed by atoms with E-state index >= 15 is 0 Å². The average molecular weight is 416 g/mol. The van der Waals surface area contributed by atoms with Gasteiger partial charge in [-0.1, -0.05) is 12.1 Å². The summed E-state index contributed by atoms with van der Waals surface area (Å²) in [4.78, 5) is 35.0. The molecule has 28 heavy (non-hydrogen) atoms. The molecule has 0 saturated carbocycles. The lowest BCUT2D eigenvalue weighted by molar-refractivity contribution is -0.135. The van der Waals surface area contributed by atoms with E-state index in [1.807, 2.05) is 45.0 Å². The van der Waals surface area contributed by atoms with E-state index in [0.29, 0.717) is 19.0 Å². The summed E-state index contributed by atoms with van der Waals surface area (Å²) < 4.78 is 0. The average Bonchev–Trinajstić information content (AvgIpc) is 3.46. The first-order chi connectivity index (χ1) is 13.7. The molecule has 2 aliphatic rings. The molecular formula is C21H25N3O2S2. The van der Waals surface area contributed by atoms with Gasteiger partial charge in [-0.2, -0.15) is 0 Å². The van der Waals surface area contributed by atoms with Crippen molar-refractivity contribution >= 4 is 34.9 Å². The van der Waals surface area contributed by atoms with E-state index in [4.69, 9.17) is 0 Å². The van der Waals surface area contributed by atoms with E-state index in [-0.39, 0.29) is 11.8 Å². The number of thiazole rings is 1. The van der Waals surface area contributed by atoms with E-state index in [0.717, 1.165) is 60.7 Å². The van der Waals surface area contributed by atoms with E-state index in [9.17, 15) is 9.59 Å². The highest BCUT2D eigenvalue weighted by Crippen LogP contribution is 2.29. The van der Waals surface area contributed by atoms with Crippen molar-refractivity contribution in [1.82, 2.24) is 14.8 Å². The molecule has 0 radical (unpaired) electrons. The Labute approximate surface area is 174 Å². The van der Waals surface area contributed by atoms with Gasteiger partial charge in [0.05, 0.1) is 16.8 Å². The van der Waals surface area contributed by atoms with Crippen LogP contribution in [0.2, 0.25) is 0 Å². The highest BCUT2D eigenvalue weighted by molar-refractivity contribution is 7.98. The van der Waals surface area contributed by atoms with Gasteiger partial charge in [-0.25, -0.2) is 4.98 Å². The fourth-order valence-electron chi connectivity index (χ4n) is 3.93. The van der Waals surface area contributed by atoms with Gasteiger partial charge in [0.25, 0.3) is 5.91 Å². The van der Waals surface area contributed by atoms with Crippen LogP contribution in [0.1, 0.15) is 41.7 Å². The summed E-state index contributed by atoms with van der Waals surface area (Å²) >= 11 is 3.24. The van der Waals surface area contributed by atoms with Gasteiger partial charge in [0.15, 0.2) is 0 Å². The fourth-order valence-corrected chi connectivity index (χ4v) is 5.54. The Morgan fingerprint density at radius 1 is 1.07 bits per heavy atom. The molecule has 0 spiro atoms. The summed E-state index contributed by atoms with van der Waals surface area (Å²) in [5, 5.41) is 2.04. The minimum absolute atomic E-state index is 0.0773. The van der Waals surface area contributed by atoms with Crippen molar-refractivity contribution in [1.29, 1.82) is 0 Å². The zero-order valence-electron chi connectivity index (χ0n) is 15.9. The summed E-state index contributed by atoms with van der Waals surface area (Å²) in [5.74, 6) is 1.22. The Balaban J connectivity index is 1.36. The molecule has 1 aromatic heterocycles. The van der Waals surface area contributed by atoms with E-state index < -0.39 is 0 Å². The molecule has 2 saturated heterocycles. The Hall–Kier alpha value is -1.86. The molecule has 0 unspecified atom stereocenters. The summed E-state index contributed by atoms with van der Waals surface area (Å²) in [6.45, 7) is 3.13. The second-order valence-corrected chi connectivity index (χ2v) is 9.10. The summed E-state index contributed by atoms with van der Waals surface area (Å²) in [6, 6.07) is 7.81. The SMILES string of the molecule is O=C(c1ccccc1SCc1cscn1)N1CCC(C(=O)N2CCCC2)CC1. The van der Waals surface area contributed by atoms with Crippen LogP contribution in [0.3, 0.4) is 0 Å². The third kappa shape index (κ3) is 4.41. The fraction of sp³-hybridized carbons (Fsp3) is 0.476. The molecule has 0 aliphatic carbocycles. The minimum Gasteiger partial charge on any atom is -0.342 e. The first kappa shape index (κ1) is 19.5. The second-order valence-electron chi connectivity index (χ2n) is 7.36. The Morgan fingerprint density at radius 2 is 1.82 bits per heavy atom. The molecule has 2 fully saturated rings. The van der Waals surface area contributed by atoms with Crippen molar-refractivity contribution in [2.45, 2.75) is 36.3 Å². The van der Waals surface area contributed by atoms with Crippen LogP contribution in [-0.4, -0.2) is 52.8 Å². The molecule has 1 aromatic carbocycles. The molecule has 3 heterocycles. The van der Waals surface area contributed by atoms with E-state index in [1.165, 1.54) is 0 Å². The summed E-state index contributed by atoms with van der Waals surface area (Å²) in [5.41, 5.74) is 3.63. The molecule has 2 aliphatic heterocycles. The van der Waals surface area contributed by atoms with Crippen LogP contribution in [0.25, 0.3) is 0 Å². The van der Waals surface area contributed by atoms with Crippen molar-refractivity contribution in [3.63, 3.8) is 0 Å². The maximum absolute atomic E-state index is 13.1. The quantitative estimate of drug-likeness (QED) is 0.695. The molecule has 0 bridgehead atoms. The highest BCUT2D eigenvalue weighted by atomic mass is 32.2. The van der Waals surface area contributed by atoms with Crippen molar-refractivity contribution < 1.29 is 9.59 Å². The van der Waals surface area contributed by atoms with Crippen LogP contribution in [0.4, 0.5) is 0 Å². The number of benzene rings is 1. The van der Waals surface area contributed by atoms with Gasteiger partial charge in [-0.15, -0.1) is 23.1 Å². The van der Waals surface area contributed by atoms with Crippen LogP contribution in [0.5, 0.6) is 0 Å². The third-order valence-corrected chi connectivity index (χ3v) is 7.27. The van der Waals surface area contributed by atoms with Crippen molar-refractivity contribution in [3.05, 3.63) is 46.4 Å². The number of amides is 2.